The molecule has 0 radical (unpaired) electrons. The zero-order valence-corrected chi connectivity index (χ0v) is 33.1. The summed E-state index contributed by atoms with van der Waals surface area (Å²) in [6, 6.07) is 16.8. The van der Waals surface area contributed by atoms with Gasteiger partial charge in [-0.2, -0.15) is 0 Å². The van der Waals surface area contributed by atoms with Gasteiger partial charge in [0.2, 0.25) is 15.9 Å². The lowest BCUT2D eigenvalue weighted by Crippen LogP contribution is -2.33. The zero-order chi connectivity index (χ0) is 39.5. The number of aryl methyl sites for hydroxylation is 1. The van der Waals surface area contributed by atoms with Crippen LogP contribution < -0.4 is 30.6 Å². The summed E-state index contributed by atoms with van der Waals surface area (Å²) >= 11 is 19.7. The molecular formula is C37H36Cl3N7O6S. The number of ether oxygens (including phenoxy) is 1. The van der Waals surface area contributed by atoms with E-state index >= 15 is 0 Å². The lowest BCUT2D eigenvalue weighted by Gasteiger charge is -2.22. The second-order valence-electron chi connectivity index (χ2n) is 11.8. The molecule has 0 aliphatic carbocycles. The maximum Gasteiger partial charge on any atom is 0.278 e. The molecule has 0 unspecified atom stereocenters. The lowest BCUT2D eigenvalue weighted by molar-refractivity contribution is -0.114. The first-order valence-electron chi connectivity index (χ1n) is 16.5. The summed E-state index contributed by atoms with van der Waals surface area (Å²) in [4.78, 5) is 53.2. The fourth-order valence-electron chi connectivity index (χ4n) is 5.74. The SMILES string of the molecule is CCN(CC)c1ccc(N=C(C(=O)Nc2cc(S(=O)(=O)NC)ccc2OC)c2nc3c(NC(C)=O)cccc3c(=O)n2-c2c(Cl)cc(Cl)cc2Cl)c(C)c1. The van der Waals surface area contributed by atoms with Crippen LogP contribution in [0.3, 0.4) is 0 Å². The van der Waals surface area contributed by atoms with E-state index in [0.717, 1.165) is 23.3 Å². The van der Waals surface area contributed by atoms with Crippen molar-refractivity contribution in [2.75, 3.05) is 42.8 Å². The minimum atomic E-state index is -3.95. The first-order valence-corrected chi connectivity index (χ1v) is 19.1. The summed E-state index contributed by atoms with van der Waals surface area (Å²) in [6.45, 7) is 8.69. The third-order valence-electron chi connectivity index (χ3n) is 8.38. The van der Waals surface area contributed by atoms with Crippen LogP contribution in [0.4, 0.5) is 22.7 Å². The third-order valence-corrected chi connectivity index (χ3v) is 10.6. The minimum absolute atomic E-state index is 0.0312. The van der Waals surface area contributed by atoms with E-state index in [4.69, 9.17) is 49.5 Å². The van der Waals surface area contributed by atoms with Gasteiger partial charge in [-0.3, -0.25) is 19.0 Å². The number of aromatic nitrogens is 2. The van der Waals surface area contributed by atoms with Crippen LogP contribution in [0.15, 0.2) is 81.4 Å². The maximum absolute atomic E-state index is 14.7. The number of hydrogen-bond donors (Lipinski definition) is 3. The number of halogens is 3. The topological polar surface area (TPSA) is 164 Å². The van der Waals surface area contributed by atoms with Gasteiger partial charge in [0.05, 0.1) is 50.2 Å². The molecule has 0 aliphatic heterocycles. The minimum Gasteiger partial charge on any atom is -0.495 e. The molecule has 5 rings (SSSR count). The second kappa shape index (κ2) is 16.6. The average molecular weight is 813 g/mol. The Morgan fingerprint density at radius 3 is 2.22 bits per heavy atom. The van der Waals surface area contributed by atoms with Crippen molar-refractivity contribution < 1.29 is 22.7 Å². The van der Waals surface area contributed by atoms with Crippen molar-refractivity contribution in [3.63, 3.8) is 0 Å². The molecule has 3 N–H and O–H groups in total. The van der Waals surface area contributed by atoms with Crippen molar-refractivity contribution in [2.24, 2.45) is 4.99 Å². The van der Waals surface area contributed by atoms with E-state index in [0.29, 0.717) is 11.3 Å². The van der Waals surface area contributed by atoms with Crippen molar-refractivity contribution in [1.82, 2.24) is 14.3 Å². The van der Waals surface area contributed by atoms with Gasteiger partial charge in [0.1, 0.15) is 11.3 Å². The summed E-state index contributed by atoms with van der Waals surface area (Å²) in [5.74, 6) is -1.55. The Hall–Kier alpha value is -4.99. The summed E-state index contributed by atoms with van der Waals surface area (Å²) in [6.07, 6.45) is 0. The fourth-order valence-corrected chi connectivity index (χ4v) is 7.48. The van der Waals surface area contributed by atoms with E-state index in [1.165, 1.54) is 57.5 Å². The highest BCUT2D eigenvalue weighted by molar-refractivity contribution is 7.89. The highest BCUT2D eigenvalue weighted by atomic mass is 35.5. The van der Waals surface area contributed by atoms with Crippen LogP contribution >= 0.6 is 34.8 Å². The van der Waals surface area contributed by atoms with Gasteiger partial charge < -0.3 is 20.3 Å². The van der Waals surface area contributed by atoms with Crippen LogP contribution in [-0.4, -0.2) is 62.7 Å². The number of rotatable bonds is 12. The summed E-state index contributed by atoms with van der Waals surface area (Å²) in [5, 5.41) is 5.55. The monoisotopic (exact) mass is 811 g/mol. The van der Waals surface area contributed by atoms with Crippen LogP contribution in [0.5, 0.6) is 5.75 Å². The number of hydrogen-bond acceptors (Lipinski definition) is 9. The van der Waals surface area contributed by atoms with Gasteiger partial charge in [-0.05, 0) is 94.0 Å². The number of benzene rings is 4. The molecule has 0 saturated heterocycles. The Morgan fingerprint density at radius 2 is 1.63 bits per heavy atom. The van der Waals surface area contributed by atoms with Crippen molar-refractivity contribution in [3.05, 3.63) is 104 Å². The number of fused-ring (bicyclic) bond motifs is 1. The van der Waals surface area contributed by atoms with Crippen molar-refractivity contribution >= 4 is 96.0 Å². The molecule has 17 heteroatoms. The van der Waals surface area contributed by atoms with Crippen molar-refractivity contribution in [3.8, 4) is 11.4 Å². The fraction of sp³-hybridized carbons (Fsp3) is 0.216. The molecule has 282 valence electrons. The van der Waals surface area contributed by atoms with Gasteiger partial charge >= 0.3 is 0 Å². The van der Waals surface area contributed by atoms with Crippen molar-refractivity contribution in [1.29, 1.82) is 0 Å². The van der Waals surface area contributed by atoms with Gasteiger partial charge in [-0.15, -0.1) is 0 Å². The van der Waals surface area contributed by atoms with Gasteiger partial charge in [0.15, 0.2) is 11.5 Å². The molecule has 0 saturated carbocycles. The number of anilines is 3. The van der Waals surface area contributed by atoms with Crippen molar-refractivity contribution in [2.45, 2.75) is 32.6 Å². The van der Waals surface area contributed by atoms with E-state index in [2.05, 4.69) is 20.3 Å². The molecule has 2 amide bonds. The number of carbonyl (C=O) groups excluding carboxylic acids is 2. The Labute approximate surface area is 327 Å². The van der Waals surface area contributed by atoms with E-state index in [1.807, 2.05) is 32.9 Å². The predicted octanol–water partition coefficient (Wildman–Crippen LogP) is 7.14. The molecular weight excluding hydrogens is 777 g/mol. The Kier molecular flexibility index (Phi) is 12.3. The van der Waals surface area contributed by atoms with Crippen LogP contribution in [0.2, 0.25) is 15.1 Å². The molecule has 1 heterocycles. The molecule has 0 fully saturated rings. The molecule has 0 spiro atoms. The van der Waals surface area contributed by atoms with Crippen LogP contribution in [0.1, 0.15) is 32.2 Å². The largest absolute Gasteiger partial charge is 0.495 e. The first-order chi connectivity index (χ1) is 25.6. The predicted molar refractivity (Wildman–Crippen MR) is 215 cm³/mol. The van der Waals surface area contributed by atoms with Crippen LogP contribution in [-0.2, 0) is 19.6 Å². The normalized spacial score (nSPS) is 11.8. The Balaban J connectivity index is 1.89. The molecule has 5 aromatic rings. The molecule has 0 aliphatic rings. The third kappa shape index (κ3) is 8.22. The summed E-state index contributed by atoms with van der Waals surface area (Å²) in [7, 11) is -1.34. The van der Waals surface area contributed by atoms with Gasteiger partial charge in [0.25, 0.3) is 11.5 Å². The average Bonchev–Trinajstić information content (AvgIpc) is 3.12. The summed E-state index contributed by atoms with van der Waals surface area (Å²) in [5.41, 5.74) is 0.990. The molecule has 0 atom stereocenters. The number of amides is 2. The molecule has 54 heavy (non-hydrogen) atoms. The lowest BCUT2D eigenvalue weighted by atomic mass is 10.1. The highest BCUT2D eigenvalue weighted by Gasteiger charge is 2.28. The molecule has 13 nitrogen and oxygen atoms in total. The van der Waals surface area contributed by atoms with E-state index in [-0.39, 0.29) is 59.5 Å². The number of nitrogens with zero attached hydrogens (tertiary/aromatic N) is 4. The number of nitrogens with one attached hydrogen (secondary N) is 3. The highest BCUT2D eigenvalue weighted by Crippen LogP contribution is 2.35. The Morgan fingerprint density at radius 1 is 0.944 bits per heavy atom. The van der Waals surface area contributed by atoms with E-state index in [1.54, 1.807) is 18.2 Å². The van der Waals surface area contributed by atoms with Gasteiger partial charge in [-0.25, -0.2) is 23.1 Å². The standard InChI is InChI=1S/C37H36Cl3N7O6S/c1-7-46(8-2)23-12-14-28(20(3)16-23)43-33(36(49)44-30-19-24(54(51,52)41-5)13-15-31(30)53-6)35-45-32-25(10-9-11-29(32)42-21(4)48)37(50)47(35)34-26(39)17-22(38)18-27(34)40/h9-19,41H,7-8H2,1-6H3,(H,42,48)(H,44,49). The molecule has 4 aromatic carbocycles. The second-order valence-corrected chi connectivity index (χ2v) is 14.9. The number of para-hydroxylation sites is 1. The smallest absolute Gasteiger partial charge is 0.278 e. The summed E-state index contributed by atoms with van der Waals surface area (Å²) < 4.78 is 34.3. The first kappa shape index (κ1) is 40.2. The van der Waals surface area contributed by atoms with E-state index < -0.39 is 33.1 Å². The Bertz CT molecular complexity index is 2480. The molecule has 0 bridgehead atoms. The number of methoxy groups -OCH3 is 1. The number of sulfonamides is 1. The van der Waals surface area contributed by atoms with Crippen LogP contribution in [0.25, 0.3) is 16.6 Å². The van der Waals surface area contributed by atoms with E-state index in [9.17, 15) is 22.8 Å². The zero-order valence-electron chi connectivity index (χ0n) is 30.0. The quantitative estimate of drug-likeness (QED) is 0.112. The molecule has 1 aromatic heterocycles. The van der Waals surface area contributed by atoms with Gasteiger partial charge in [-0.1, -0.05) is 40.9 Å². The number of carbonyl (C=O) groups is 2. The van der Waals surface area contributed by atoms with Gasteiger partial charge in [0, 0.05) is 30.7 Å². The maximum atomic E-state index is 14.7. The van der Waals surface area contributed by atoms with Crippen LogP contribution in [0, 0.1) is 6.92 Å². The number of aliphatic imine (C=N–C) groups is 1.